The van der Waals surface area contributed by atoms with Crippen molar-refractivity contribution in [2.45, 2.75) is 55.5 Å². The van der Waals surface area contributed by atoms with Crippen LogP contribution < -0.4 is 5.32 Å². The summed E-state index contributed by atoms with van der Waals surface area (Å²) in [7, 11) is 0. The molecule has 7 heteroatoms. The second kappa shape index (κ2) is 9.13. The van der Waals surface area contributed by atoms with Crippen LogP contribution in [0.1, 0.15) is 54.9 Å². The highest BCUT2D eigenvalue weighted by atomic mass is 32.2. The van der Waals surface area contributed by atoms with E-state index in [0.29, 0.717) is 12.6 Å². The maximum atomic E-state index is 12.7. The first-order valence-corrected chi connectivity index (χ1v) is 11.8. The first-order valence-electron chi connectivity index (χ1n) is 10.1. The zero-order valence-electron chi connectivity index (χ0n) is 16.7. The normalized spacial score (nSPS) is 15.8. The van der Waals surface area contributed by atoms with Crippen molar-refractivity contribution < 1.29 is 4.79 Å². The second-order valence-corrected chi connectivity index (χ2v) is 9.91. The number of hydrogen-bond donors (Lipinski definition) is 1. The summed E-state index contributed by atoms with van der Waals surface area (Å²) in [5.41, 5.74) is 1.24. The largest absolute Gasteiger partial charge is 0.355 e. The molecule has 1 saturated carbocycles. The van der Waals surface area contributed by atoms with Gasteiger partial charge < -0.3 is 9.88 Å². The fourth-order valence-corrected chi connectivity index (χ4v) is 4.95. The third-order valence-corrected chi connectivity index (χ3v) is 7.10. The van der Waals surface area contributed by atoms with E-state index < -0.39 is 0 Å². The molecule has 1 aromatic carbocycles. The Labute approximate surface area is 179 Å². The Balaban J connectivity index is 1.37. The molecular formula is C22H26N4OS2. The maximum absolute atomic E-state index is 12.7. The number of thioether (sulfide) groups is 1. The van der Waals surface area contributed by atoms with E-state index >= 15 is 0 Å². The Bertz CT molecular complexity index is 935. The number of amides is 1. The Hall–Kier alpha value is -2.12. The van der Waals surface area contributed by atoms with Crippen LogP contribution in [0.5, 0.6) is 0 Å². The SMILES string of the molecule is CC(Sc1nnc(Cc2cccs2)n1C1CC1)C(=O)NCC(C)c1ccccc1. The minimum atomic E-state index is -0.214. The van der Waals surface area contributed by atoms with Crippen LogP contribution in [-0.2, 0) is 11.2 Å². The van der Waals surface area contributed by atoms with Gasteiger partial charge in [-0.05, 0) is 42.7 Å². The predicted molar refractivity (Wildman–Crippen MR) is 119 cm³/mol. The standard InChI is InChI=1S/C22H26N4OS2/c1-15(17-7-4-3-5-8-17)14-23-21(27)16(2)29-22-25-24-20(26(22)18-10-11-18)13-19-9-6-12-28-19/h3-9,12,15-16,18H,10-11,13-14H2,1-2H3,(H,23,27). The number of carbonyl (C=O) groups excluding carboxylic acids is 1. The van der Waals surface area contributed by atoms with E-state index in [9.17, 15) is 4.79 Å². The average molecular weight is 427 g/mol. The van der Waals surface area contributed by atoms with E-state index in [1.807, 2.05) is 25.1 Å². The molecule has 1 aliphatic rings. The lowest BCUT2D eigenvalue weighted by molar-refractivity contribution is -0.120. The number of benzene rings is 1. The van der Waals surface area contributed by atoms with Gasteiger partial charge in [0.05, 0.1) is 5.25 Å². The van der Waals surface area contributed by atoms with Crippen molar-refractivity contribution in [3.8, 4) is 0 Å². The Kier molecular flexibility index (Phi) is 6.35. The van der Waals surface area contributed by atoms with E-state index in [-0.39, 0.29) is 17.1 Å². The van der Waals surface area contributed by atoms with Gasteiger partial charge in [0.25, 0.3) is 0 Å². The number of hydrogen-bond acceptors (Lipinski definition) is 5. The number of carbonyl (C=O) groups is 1. The quantitative estimate of drug-likeness (QED) is 0.505. The van der Waals surface area contributed by atoms with Gasteiger partial charge >= 0.3 is 0 Å². The topological polar surface area (TPSA) is 59.8 Å². The molecule has 2 heterocycles. The number of nitrogens with zero attached hydrogens (tertiary/aromatic N) is 3. The first kappa shape index (κ1) is 20.2. The number of thiophene rings is 1. The van der Waals surface area contributed by atoms with Crippen molar-refractivity contribution in [3.63, 3.8) is 0 Å². The van der Waals surface area contributed by atoms with Crippen molar-refractivity contribution in [2.75, 3.05) is 6.54 Å². The highest BCUT2D eigenvalue weighted by Gasteiger charge is 2.31. The fraction of sp³-hybridized carbons (Fsp3) is 0.409. The maximum Gasteiger partial charge on any atom is 0.233 e. The van der Waals surface area contributed by atoms with Gasteiger partial charge in [-0.3, -0.25) is 4.79 Å². The minimum absolute atomic E-state index is 0.0444. The Morgan fingerprint density at radius 3 is 2.69 bits per heavy atom. The molecule has 2 unspecified atom stereocenters. The van der Waals surface area contributed by atoms with E-state index in [1.54, 1.807) is 11.3 Å². The average Bonchev–Trinajstić information content (AvgIpc) is 3.30. The zero-order valence-corrected chi connectivity index (χ0v) is 18.4. The molecule has 0 aliphatic heterocycles. The molecular weight excluding hydrogens is 400 g/mol. The molecule has 3 aromatic rings. The van der Waals surface area contributed by atoms with Crippen LogP contribution in [0.3, 0.4) is 0 Å². The molecule has 29 heavy (non-hydrogen) atoms. The summed E-state index contributed by atoms with van der Waals surface area (Å²) in [6.45, 7) is 4.71. The molecule has 0 bridgehead atoms. The minimum Gasteiger partial charge on any atom is -0.355 e. The number of nitrogens with one attached hydrogen (secondary N) is 1. The number of rotatable bonds is 9. The van der Waals surface area contributed by atoms with Gasteiger partial charge in [0.15, 0.2) is 5.16 Å². The van der Waals surface area contributed by atoms with Gasteiger partial charge in [-0.15, -0.1) is 21.5 Å². The molecule has 0 radical (unpaired) electrons. The van der Waals surface area contributed by atoms with Crippen LogP contribution in [0.2, 0.25) is 0 Å². The van der Waals surface area contributed by atoms with Crippen LogP contribution in [0, 0.1) is 0 Å². The molecule has 1 N–H and O–H groups in total. The molecule has 152 valence electrons. The summed E-state index contributed by atoms with van der Waals surface area (Å²) in [4.78, 5) is 13.9. The van der Waals surface area contributed by atoms with E-state index in [4.69, 9.17) is 0 Å². The molecule has 1 amide bonds. The van der Waals surface area contributed by atoms with Crippen molar-refractivity contribution in [2.24, 2.45) is 0 Å². The van der Waals surface area contributed by atoms with Crippen LogP contribution in [0.15, 0.2) is 53.0 Å². The van der Waals surface area contributed by atoms with Gasteiger partial charge in [-0.1, -0.05) is 55.1 Å². The summed E-state index contributed by atoms with van der Waals surface area (Å²) in [5.74, 6) is 1.33. The smallest absolute Gasteiger partial charge is 0.233 e. The van der Waals surface area contributed by atoms with Crippen LogP contribution >= 0.6 is 23.1 Å². The van der Waals surface area contributed by atoms with E-state index in [0.717, 1.165) is 30.2 Å². The first-order chi connectivity index (χ1) is 14.1. The van der Waals surface area contributed by atoms with Crippen molar-refractivity contribution in [3.05, 3.63) is 64.1 Å². The van der Waals surface area contributed by atoms with Gasteiger partial charge in [0.1, 0.15) is 5.82 Å². The zero-order chi connectivity index (χ0) is 20.2. The van der Waals surface area contributed by atoms with Crippen LogP contribution in [-0.4, -0.2) is 32.5 Å². The van der Waals surface area contributed by atoms with Crippen molar-refractivity contribution >= 4 is 29.0 Å². The number of aromatic nitrogens is 3. The predicted octanol–water partition coefficient (Wildman–Crippen LogP) is 4.67. The van der Waals surface area contributed by atoms with Gasteiger partial charge in [-0.25, -0.2) is 0 Å². The highest BCUT2D eigenvalue weighted by Crippen LogP contribution is 2.40. The van der Waals surface area contributed by atoms with Gasteiger partial charge in [0, 0.05) is 23.9 Å². The molecule has 1 aliphatic carbocycles. The highest BCUT2D eigenvalue weighted by molar-refractivity contribution is 8.00. The summed E-state index contributed by atoms with van der Waals surface area (Å²) in [6.07, 6.45) is 3.13. The third-order valence-electron chi connectivity index (χ3n) is 5.16. The van der Waals surface area contributed by atoms with Crippen molar-refractivity contribution in [1.82, 2.24) is 20.1 Å². The summed E-state index contributed by atoms with van der Waals surface area (Å²) >= 11 is 3.25. The molecule has 2 aromatic heterocycles. The Morgan fingerprint density at radius 1 is 1.21 bits per heavy atom. The lowest BCUT2D eigenvalue weighted by atomic mass is 10.0. The Morgan fingerprint density at radius 2 is 2.00 bits per heavy atom. The van der Waals surface area contributed by atoms with Crippen LogP contribution in [0.4, 0.5) is 0 Å². The molecule has 2 atom stereocenters. The molecule has 4 rings (SSSR count). The van der Waals surface area contributed by atoms with Crippen LogP contribution in [0.25, 0.3) is 0 Å². The van der Waals surface area contributed by atoms with E-state index in [2.05, 4.69) is 56.7 Å². The van der Waals surface area contributed by atoms with Crippen molar-refractivity contribution in [1.29, 1.82) is 0 Å². The summed E-state index contributed by atoms with van der Waals surface area (Å²) in [5, 5.41) is 14.7. The second-order valence-electron chi connectivity index (χ2n) is 7.57. The summed E-state index contributed by atoms with van der Waals surface area (Å²) < 4.78 is 2.25. The molecule has 0 saturated heterocycles. The fourth-order valence-electron chi connectivity index (χ4n) is 3.29. The molecule has 0 spiro atoms. The molecule has 1 fully saturated rings. The lowest BCUT2D eigenvalue weighted by Crippen LogP contribution is -2.33. The summed E-state index contributed by atoms with van der Waals surface area (Å²) in [6, 6.07) is 15.0. The lowest BCUT2D eigenvalue weighted by Gasteiger charge is -2.16. The van der Waals surface area contributed by atoms with Gasteiger partial charge in [0.2, 0.25) is 5.91 Å². The third kappa shape index (κ3) is 5.08. The van der Waals surface area contributed by atoms with Gasteiger partial charge in [-0.2, -0.15) is 0 Å². The molecule has 5 nitrogen and oxygen atoms in total. The van der Waals surface area contributed by atoms with E-state index in [1.165, 1.54) is 22.2 Å². The monoisotopic (exact) mass is 426 g/mol.